The highest BCUT2D eigenvalue weighted by atomic mass is 16.7. The van der Waals surface area contributed by atoms with Crippen LogP contribution in [0, 0.1) is 0 Å². The minimum atomic E-state index is -0.800. The fraction of sp³-hybridized carbons (Fsp3) is 0.250. The molecule has 0 amide bonds. The maximum atomic E-state index is 10.6. The Labute approximate surface area is 170 Å². The summed E-state index contributed by atoms with van der Waals surface area (Å²) in [5.74, 6) is 0.385. The molecule has 3 aromatic carbocycles. The van der Waals surface area contributed by atoms with Gasteiger partial charge in [0.2, 0.25) is 17.3 Å². The quantitative estimate of drug-likeness (QED) is 0.625. The predicted octanol–water partition coefficient (Wildman–Crippen LogP) is 5.20. The Bertz CT molecular complexity index is 968. The lowest BCUT2D eigenvalue weighted by Crippen LogP contribution is -2.35. The Balaban J connectivity index is 1.68. The van der Waals surface area contributed by atoms with Crippen LogP contribution in [0.2, 0.25) is 0 Å². The van der Waals surface area contributed by atoms with E-state index in [2.05, 4.69) is 0 Å². The van der Waals surface area contributed by atoms with Crippen LogP contribution in [0.5, 0.6) is 23.0 Å². The molecule has 0 fully saturated rings. The van der Waals surface area contributed by atoms with E-state index in [0.717, 1.165) is 16.7 Å². The number of hydrogen-bond donors (Lipinski definition) is 1. The number of rotatable bonds is 6. The summed E-state index contributed by atoms with van der Waals surface area (Å²) < 4.78 is 23.9. The molecule has 0 radical (unpaired) electrons. The molecule has 150 valence electrons. The van der Waals surface area contributed by atoms with Crippen molar-refractivity contribution in [1.29, 1.82) is 0 Å². The minimum absolute atomic E-state index is 0.00495. The third kappa shape index (κ3) is 4.46. The first-order valence-corrected chi connectivity index (χ1v) is 9.57. The molecule has 0 bridgehead atoms. The fourth-order valence-corrected chi connectivity index (χ4v) is 3.14. The zero-order valence-corrected chi connectivity index (χ0v) is 16.6. The largest absolute Gasteiger partial charge is 0.504 e. The summed E-state index contributed by atoms with van der Waals surface area (Å²) in [4.78, 5) is 0. The predicted molar refractivity (Wildman–Crippen MR) is 109 cm³/mol. The van der Waals surface area contributed by atoms with Gasteiger partial charge in [0.25, 0.3) is 0 Å². The third-order valence-electron chi connectivity index (χ3n) is 4.62. The molecule has 1 N–H and O–H groups in total. The van der Waals surface area contributed by atoms with Crippen LogP contribution < -0.4 is 14.2 Å². The van der Waals surface area contributed by atoms with Gasteiger partial charge in [-0.05, 0) is 17.2 Å². The summed E-state index contributed by atoms with van der Waals surface area (Å²) in [6.07, 6.45) is 0. The van der Waals surface area contributed by atoms with Gasteiger partial charge < -0.3 is 24.1 Å². The molecule has 0 saturated heterocycles. The van der Waals surface area contributed by atoms with Gasteiger partial charge in [-0.25, -0.2) is 0 Å². The maximum absolute atomic E-state index is 10.6. The van der Waals surface area contributed by atoms with Crippen molar-refractivity contribution in [2.75, 3.05) is 0 Å². The number of benzene rings is 3. The molecule has 4 rings (SSSR count). The standard InChI is InChI=1S/C24H24O5/c1-24(2)28-16-19-13-20(25)22(26-14-17-9-5-3-6-10-17)23(21(19)29-24)27-15-18-11-7-4-8-12-18/h3-13,25H,14-16H2,1-2H3. The first-order valence-electron chi connectivity index (χ1n) is 9.57. The Hall–Kier alpha value is -3.18. The van der Waals surface area contributed by atoms with Gasteiger partial charge in [0, 0.05) is 19.4 Å². The van der Waals surface area contributed by atoms with E-state index in [-0.39, 0.29) is 11.5 Å². The average Bonchev–Trinajstić information content (AvgIpc) is 2.72. The highest BCUT2D eigenvalue weighted by Crippen LogP contribution is 2.50. The van der Waals surface area contributed by atoms with E-state index < -0.39 is 5.79 Å². The smallest absolute Gasteiger partial charge is 0.208 e. The van der Waals surface area contributed by atoms with Gasteiger partial charge in [-0.15, -0.1) is 0 Å². The molecule has 1 aliphatic heterocycles. The molecule has 0 aromatic heterocycles. The molecule has 3 aromatic rings. The van der Waals surface area contributed by atoms with Crippen LogP contribution in [0.1, 0.15) is 30.5 Å². The van der Waals surface area contributed by atoms with Gasteiger partial charge in [-0.1, -0.05) is 60.7 Å². The average molecular weight is 392 g/mol. The SMILES string of the molecule is CC1(C)OCc2cc(O)c(OCc3ccccc3)c(OCc3ccccc3)c2O1. The van der Waals surface area contributed by atoms with Crippen molar-refractivity contribution in [2.45, 2.75) is 39.5 Å². The molecular weight excluding hydrogens is 368 g/mol. The number of hydrogen-bond acceptors (Lipinski definition) is 5. The van der Waals surface area contributed by atoms with Crippen molar-refractivity contribution < 1.29 is 24.1 Å². The van der Waals surface area contributed by atoms with Gasteiger partial charge >= 0.3 is 0 Å². The van der Waals surface area contributed by atoms with Crippen molar-refractivity contribution in [1.82, 2.24) is 0 Å². The van der Waals surface area contributed by atoms with E-state index in [9.17, 15) is 5.11 Å². The first-order chi connectivity index (χ1) is 14.0. The normalized spacial score (nSPS) is 14.6. The molecule has 0 spiro atoms. The lowest BCUT2D eigenvalue weighted by molar-refractivity contribution is -0.181. The zero-order valence-electron chi connectivity index (χ0n) is 16.6. The summed E-state index contributed by atoms with van der Waals surface area (Å²) in [7, 11) is 0. The third-order valence-corrected chi connectivity index (χ3v) is 4.62. The number of phenols is 1. The van der Waals surface area contributed by atoms with Crippen molar-refractivity contribution >= 4 is 0 Å². The molecule has 5 nitrogen and oxygen atoms in total. The Morgan fingerprint density at radius 2 is 1.41 bits per heavy atom. The van der Waals surface area contributed by atoms with Gasteiger partial charge in [0.1, 0.15) is 13.2 Å². The van der Waals surface area contributed by atoms with Crippen molar-refractivity contribution in [3.05, 3.63) is 83.4 Å². The molecule has 1 aliphatic rings. The van der Waals surface area contributed by atoms with Crippen molar-refractivity contribution in [3.63, 3.8) is 0 Å². The van der Waals surface area contributed by atoms with Crippen LogP contribution in [0.15, 0.2) is 66.7 Å². The lowest BCUT2D eigenvalue weighted by Gasteiger charge is -2.34. The van der Waals surface area contributed by atoms with Crippen molar-refractivity contribution in [2.24, 2.45) is 0 Å². The van der Waals surface area contributed by atoms with Crippen LogP contribution in [-0.2, 0) is 24.6 Å². The summed E-state index contributed by atoms with van der Waals surface area (Å²) in [5.41, 5.74) is 2.71. The second-order valence-electron chi connectivity index (χ2n) is 7.38. The van der Waals surface area contributed by atoms with Gasteiger partial charge in [0.05, 0.1) is 6.61 Å². The Kier molecular flexibility index (Phi) is 5.32. The van der Waals surface area contributed by atoms with Crippen LogP contribution >= 0.6 is 0 Å². The van der Waals surface area contributed by atoms with E-state index in [4.69, 9.17) is 18.9 Å². The highest BCUT2D eigenvalue weighted by molar-refractivity contribution is 5.63. The molecule has 0 aliphatic carbocycles. The second kappa shape index (κ2) is 8.05. The molecule has 0 atom stereocenters. The lowest BCUT2D eigenvalue weighted by atomic mass is 10.1. The summed E-state index contributed by atoms with van der Waals surface area (Å²) >= 11 is 0. The molecule has 1 heterocycles. The molecular formula is C24H24O5. The van der Waals surface area contributed by atoms with E-state index in [1.54, 1.807) is 6.07 Å². The van der Waals surface area contributed by atoms with E-state index in [1.165, 1.54) is 0 Å². The Morgan fingerprint density at radius 3 is 2.00 bits per heavy atom. The molecule has 29 heavy (non-hydrogen) atoms. The maximum Gasteiger partial charge on any atom is 0.208 e. The molecule has 0 saturated carbocycles. The van der Waals surface area contributed by atoms with E-state index >= 15 is 0 Å². The molecule has 0 unspecified atom stereocenters. The van der Waals surface area contributed by atoms with Crippen LogP contribution in [0.3, 0.4) is 0 Å². The second-order valence-corrected chi connectivity index (χ2v) is 7.38. The number of fused-ring (bicyclic) bond motifs is 1. The summed E-state index contributed by atoms with van der Waals surface area (Å²) in [5, 5.41) is 10.6. The van der Waals surface area contributed by atoms with Crippen molar-refractivity contribution in [3.8, 4) is 23.0 Å². The first kappa shape index (κ1) is 19.2. The molecule has 5 heteroatoms. The van der Waals surface area contributed by atoms with Crippen LogP contribution in [-0.4, -0.2) is 10.9 Å². The fourth-order valence-electron chi connectivity index (χ4n) is 3.14. The number of ether oxygens (including phenoxy) is 4. The van der Waals surface area contributed by atoms with E-state index in [1.807, 2.05) is 74.5 Å². The van der Waals surface area contributed by atoms with E-state index in [0.29, 0.717) is 31.3 Å². The van der Waals surface area contributed by atoms with Gasteiger partial charge in [-0.3, -0.25) is 0 Å². The topological polar surface area (TPSA) is 57.2 Å². The zero-order chi connectivity index (χ0) is 20.3. The number of phenolic OH excluding ortho intramolecular Hbond substituents is 1. The summed E-state index contributed by atoms with van der Waals surface area (Å²) in [6, 6.07) is 21.2. The van der Waals surface area contributed by atoms with Gasteiger partial charge in [-0.2, -0.15) is 0 Å². The Morgan fingerprint density at radius 1 is 0.862 bits per heavy atom. The summed E-state index contributed by atoms with van der Waals surface area (Å²) in [6.45, 7) is 4.62. The monoisotopic (exact) mass is 392 g/mol. The van der Waals surface area contributed by atoms with Crippen LogP contribution in [0.4, 0.5) is 0 Å². The highest BCUT2D eigenvalue weighted by Gasteiger charge is 2.33. The number of aromatic hydroxyl groups is 1. The minimum Gasteiger partial charge on any atom is -0.504 e. The van der Waals surface area contributed by atoms with Gasteiger partial charge in [0.15, 0.2) is 11.5 Å². The van der Waals surface area contributed by atoms with Crippen LogP contribution in [0.25, 0.3) is 0 Å².